The average molecular weight is 647 g/mol. The Bertz CT molecular complexity index is 1090. The molecule has 0 bridgehead atoms. The van der Waals surface area contributed by atoms with E-state index in [4.69, 9.17) is 14.2 Å². The van der Waals surface area contributed by atoms with Crippen molar-refractivity contribution in [2.45, 2.75) is 32.3 Å². The highest BCUT2D eigenvalue weighted by atomic mass is 16.5. The Hall–Kier alpha value is -4.08. The normalized spacial score (nSPS) is 14.8. The summed E-state index contributed by atoms with van der Waals surface area (Å²) in [7, 11) is 0. The van der Waals surface area contributed by atoms with E-state index in [1.165, 1.54) is 4.90 Å². The molecule has 5 amide bonds. The lowest BCUT2D eigenvalue weighted by Gasteiger charge is -2.27. The second-order valence-corrected chi connectivity index (χ2v) is 11.0. The lowest BCUT2D eigenvalue weighted by atomic mass is 10.2. The number of morpholine rings is 2. The molecular weight excluding hydrogens is 600 g/mol. The van der Waals surface area contributed by atoms with Gasteiger partial charge < -0.3 is 40.0 Å². The molecule has 15 nitrogen and oxygen atoms in total. The summed E-state index contributed by atoms with van der Waals surface area (Å²) in [6.07, 6.45) is 2.22. The van der Waals surface area contributed by atoms with E-state index in [1.807, 2.05) is 30.3 Å². The number of hydrogen-bond acceptors (Lipinski definition) is 10. The van der Waals surface area contributed by atoms with Crippen LogP contribution in [0.2, 0.25) is 0 Å². The smallest absolute Gasteiger partial charge is 0.306 e. The highest BCUT2D eigenvalue weighted by Gasteiger charge is 2.22. The van der Waals surface area contributed by atoms with Gasteiger partial charge in [-0.25, -0.2) is 0 Å². The molecule has 0 radical (unpaired) electrons. The minimum absolute atomic E-state index is 0.209. The third-order valence-electron chi connectivity index (χ3n) is 7.33. The molecule has 2 heterocycles. The molecule has 3 N–H and O–H groups in total. The fraction of sp³-hybridized carbons (Fsp3) is 0.613. The summed E-state index contributed by atoms with van der Waals surface area (Å²) in [6.45, 7) is 2.85. The molecule has 0 atom stereocenters. The van der Waals surface area contributed by atoms with Crippen molar-refractivity contribution in [3.05, 3.63) is 35.9 Å². The predicted molar refractivity (Wildman–Crippen MR) is 165 cm³/mol. The zero-order valence-corrected chi connectivity index (χ0v) is 26.3. The first-order valence-corrected chi connectivity index (χ1v) is 15.7. The molecule has 0 aromatic heterocycles. The summed E-state index contributed by atoms with van der Waals surface area (Å²) >= 11 is 0. The van der Waals surface area contributed by atoms with E-state index in [0.29, 0.717) is 78.4 Å². The van der Waals surface area contributed by atoms with Crippen LogP contribution < -0.4 is 16.0 Å². The van der Waals surface area contributed by atoms with Crippen LogP contribution in [-0.2, 0) is 49.6 Å². The number of amides is 5. The summed E-state index contributed by atoms with van der Waals surface area (Å²) in [6, 6.07) is 9.43. The maximum Gasteiger partial charge on any atom is 0.306 e. The summed E-state index contributed by atoms with van der Waals surface area (Å²) in [5.41, 5.74) is 0.922. The molecule has 2 fully saturated rings. The van der Waals surface area contributed by atoms with Crippen molar-refractivity contribution in [1.29, 1.82) is 0 Å². The van der Waals surface area contributed by atoms with Gasteiger partial charge in [0.2, 0.25) is 29.5 Å². The molecule has 2 saturated heterocycles. The number of ether oxygens (including phenoxy) is 3. The number of carbonyl (C=O) groups is 6. The second-order valence-electron chi connectivity index (χ2n) is 11.0. The number of nitrogens with zero attached hydrogens (tertiary/aromatic N) is 3. The number of nitrogens with one attached hydrogen (secondary N) is 3. The molecule has 46 heavy (non-hydrogen) atoms. The Kier molecular flexibility index (Phi) is 16.5. The van der Waals surface area contributed by atoms with Gasteiger partial charge in [-0.05, 0) is 18.4 Å². The van der Waals surface area contributed by atoms with Gasteiger partial charge in [0.25, 0.3) is 0 Å². The molecule has 0 spiro atoms. The second kappa shape index (κ2) is 20.9. The van der Waals surface area contributed by atoms with Crippen LogP contribution in [0.1, 0.15) is 31.2 Å². The van der Waals surface area contributed by atoms with E-state index in [2.05, 4.69) is 16.0 Å². The van der Waals surface area contributed by atoms with E-state index in [1.54, 1.807) is 9.80 Å². The summed E-state index contributed by atoms with van der Waals surface area (Å²) in [5, 5.41) is 7.89. The fourth-order valence-electron chi connectivity index (χ4n) is 4.75. The van der Waals surface area contributed by atoms with Crippen LogP contribution >= 0.6 is 0 Å². The molecule has 15 heteroatoms. The monoisotopic (exact) mass is 646 g/mol. The molecule has 0 unspecified atom stereocenters. The molecule has 1 aromatic carbocycles. The van der Waals surface area contributed by atoms with E-state index < -0.39 is 17.7 Å². The van der Waals surface area contributed by atoms with Gasteiger partial charge in [-0.3, -0.25) is 33.7 Å². The van der Waals surface area contributed by atoms with Gasteiger partial charge in [0.05, 0.1) is 59.2 Å². The maximum atomic E-state index is 12.7. The van der Waals surface area contributed by atoms with Gasteiger partial charge in [0, 0.05) is 39.1 Å². The molecule has 0 saturated carbocycles. The van der Waals surface area contributed by atoms with E-state index in [0.717, 1.165) is 5.56 Å². The van der Waals surface area contributed by atoms with Gasteiger partial charge in [-0.2, -0.15) is 0 Å². The number of unbranched alkanes of at least 4 members (excludes halogenated alkanes) is 2. The van der Waals surface area contributed by atoms with Gasteiger partial charge in [-0.1, -0.05) is 36.8 Å². The van der Waals surface area contributed by atoms with Crippen molar-refractivity contribution in [2.75, 3.05) is 91.9 Å². The summed E-state index contributed by atoms with van der Waals surface area (Å²) in [5.74, 6) is -2.21. The molecule has 3 rings (SSSR count). The molecule has 254 valence electrons. The fourth-order valence-corrected chi connectivity index (χ4v) is 4.75. The predicted octanol–water partition coefficient (Wildman–Crippen LogP) is -1.34. The average Bonchev–Trinajstić information content (AvgIpc) is 3.07. The molecule has 2 aliphatic heterocycles. The van der Waals surface area contributed by atoms with Gasteiger partial charge in [0.15, 0.2) is 0 Å². The number of esters is 1. The zero-order valence-electron chi connectivity index (χ0n) is 26.3. The Labute approximate surface area is 269 Å². The van der Waals surface area contributed by atoms with Crippen molar-refractivity contribution < 1.29 is 43.0 Å². The van der Waals surface area contributed by atoms with Crippen molar-refractivity contribution in [1.82, 2.24) is 30.7 Å². The van der Waals surface area contributed by atoms with Crippen LogP contribution in [0.4, 0.5) is 0 Å². The molecule has 0 aliphatic carbocycles. The summed E-state index contributed by atoms with van der Waals surface area (Å²) < 4.78 is 15.7. The zero-order chi connectivity index (χ0) is 33.0. The van der Waals surface area contributed by atoms with Crippen LogP contribution in [0.25, 0.3) is 0 Å². The topological polar surface area (TPSA) is 176 Å². The first kappa shape index (κ1) is 36.4. The lowest BCUT2D eigenvalue weighted by molar-refractivity contribution is -0.145. The first-order valence-electron chi connectivity index (χ1n) is 15.7. The Morgan fingerprint density at radius 3 is 1.70 bits per heavy atom. The lowest BCUT2D eigenvalue weighted by Crippen LogP contribution is -2.50. The van der Waals surface area contributed by atoms with Crippen LogP contribution in [0, 0.1) is 0 Å². The van der Waals surface area contributed by atoms with Crippen LogP contribution in [0.15, 0.2) is 30.3 Å². The van der Waals surface area contributed by atoms with Crippen molar-refractivity contribution >= 4 is 35.5 Å². The minimum Gasteiger partial charge on any atom is -0.461 e. The van der Waals surface area contributed by atoms with Crippen molar-refractivity contribution in [2.24, 2.45) is 0 Å². The Balaban J connectivity index is 1.38. The van der Waals surface area contributed by atoms with Gasteiger partial charge in [-0.15, -0.1) is 0 Å². The molecule has 2 aliphatic rings. The highest BCUT2D eigenvalue weighted by molar-refractivity contribution is 5.88. The highest BCUT2D eigenvalue weighted by Crippen LogP contribution is 2.05. The van der Waals surface area contributed by atoms with Crippen molar-refractivity contribution in [3.8, 4) is 0 Å². The number of carbonyl (C=O) groups excluding carboxylic acids is 6. The largest absolute Gasteiger partial charge is 0.461 e. The van der Waals surface area contributed by atoms with Gasteiger partial charge in [0.1, 0.15) is 6.61 Å². The van der Waals surface area contributed by atoms with E-state index in [9.17, 15) is 28.8 Å². The maximum absolute atomic E-state index is 12.7. The summed E-state index contributed by atoms with van der Waals surface area (Å²) in [4.78, 5) is 79.3. The molecular formula is C31H46N6O9. The van der Waals surface area contributed by atoms with E-state index in [-0.39, 0.29) is 63.5 Å². The Morgan fingerprint density at radius 1 is 0.674 bits per heavy atom. The number of hydrogen-bond donors (Lipinski definition) is 3. The standard InChI is InChI=1S/C31H46N6O9/c38-26(32-10-6-2-5-9-31(43)46-24-25-7-3-1-4-8-25)21-35(22-27(39)33-19-29(41)36-11-15-44-16-12-36)23-28(40)34-20-30(42)37-13-17-45-18-14-37/h1,3-4,7-8H,2,5-6,9-24H2,(H,32,38)(H,33,39)(H,34,40). The third kappa shape index (κ3) is 14.8. The van der Waals surface area contributed by atoms with Crippen LogP contribution in [-0.4, -0.2) is 142 Å². The third-order valence-corrected chi connectivity index (χ3v) is 7.33. The quantitative estimate of drug-likeness (QED) is 0.128. The molecule has 1 aromatic rings. The first-order chi connectivity index (χ1) is 22.3. The SMILES string of the molecule is O=C(CN(CC(=O)NCC(=O)N1CCOCC1)CC(=O)NCC(=O)N1CCOCC1)NCCCCCC(=O)OCc1ccccc1. The van der Waals surface area contributed by atoms with Crippen LogP contribution in [0.3, 0.4) is 0 Å². The minimum atomic E-state index is -0.522. The van der Waals surface area contributed by atoms with Gasteiger partial charge >= 0.3 is 5.97 Å². The number of benzene rings is 1. The Morgan fingerprint density at radius 2 is 1.17 bits per heavy atom. The van der Waals surface area contributed by atoms with Crippen LogP contribution in [0.5, 0.6) is 0 Å². The number of rotatable bonds is 18. The van der Waals surface area contributed by atoms with Crippen molar-refractivity contribution in [3.63, 3.8) is 0 Å². The van der Waals surface area contributed by atoms with E-state index >= 15 is 0 Å².